The number of carbonyl (C=O) groups is 2. The van der Waals surface area contributed by atoms with E-state index in [0.29, 0.717) is 28.1 Å². The Morgan fingerprint density at radius 2 is 1.89 bits per heavy atom. The van der Waals surface area contributed by atoms with Gasteiger partial charge in [0.25, 0.3) is 11.8 Å². The van der Waals surface area contributed by atoms with E-state index in [-0.39, 0.29) is 17.1 Å². The fraction of sp³-hybridized carbons (Fsp3) is 0.190. The van der Waals surface area contributed by atoms with Crippen molar-refractivity contribution in [3.63, 3.8) is 0 Å². The molecule has 0 fully saturated rings. The van der Waals surface area contributed by atoms with Gasteiger partial charge in [0, 0.05) is 11.8 Å². The summed E-state index contributed by atoms with van der Waals surface area (Å²) in [7, 11) is 0. The molecule has 1 aliphatic heterocycles. The van der Waals surface area contributed by atoms with E-state index >= 15 is 0 Å². The van der Waals surface area contributed by atoms with Crippen molar-refractivity contribution < 1.29 is 18.7 Å². The third kappa shape index (κ3) is 3.00. The maximum absolute atomic E-state index is 12.6. The van der Waals surface area contributed by atoms with Crippen molar-refractivity contribution in [3.8, 4) is 5.75 Å². The molecule has 0 radical (unpaired) electrons. The molecule has 2 N–H and O–H groups in total. The molecule has 0 saturated heterocycles. The molecule has 0 saturated carbocycles. The van der Waals surface area contributed by atoms with Gasteiger partial charge in [-0.25, -0.2) is 0 Å². The predicted molar refractivity (Wildman–Crippen MR) is 105 cm³/mol. The summed E-state index contributed by atoms with van der Waals surface area (Å²) in [4.78, 5) is 36.8. The second kappa shape index (κ2) is 6.53. The van der Waals surface area contributed by atoms with Crippen molar-refractivity contribution in [1.29, 1.82) is 0 Å². The van der Waals surface area contributed by atoms with E-state index in [1.807, 2.05) is 19.9 Å². The smallest absolute Gasteiger partial charge is 0.291 e. The highest BCUT2D eigenvalue weighted by molar-refractivity contribution is 6.04. The van der Waals surface area contributed by atoms with Gasteiger partial charge < -0.3 is 19.8 Å². The molecule has 7 nitrogen and oxygen atoms in total. The second-order valence-corrected chi connectivity index (χ2v) is 6.77. The number of amides is 2. The van der Waals surface area contributed by atoms with Crippen LogP contribution in [0.1, 0.15) is 28.6 Å². The largest absolute Gasteiger partial charge is 0.479 e. The Hall–Kier alpha value is -3.61. The fourth-order valence-electron chi connectivity index (χ4n) is 3.04. The summed E-state index contributed by atoms with van der Waals surface area (Å²) in [6, 6.07) is 9.61. The maximum Gasteiger partial charge on any atom is 0.291 e. The van der Waals surface area contributed by atoms with Crippen LogP contribution in [0.2, 0.25) is 0 Å². The average molecular weight is 378 g/mol. The molecule has 2 amide bonds. The van der Waals surface area contributed by atoms with Crippen LogP contribution in [0.25, 0.3) is 11.0 Å². The fourth-order valence-corrected chi connectivity index (χ4v) is 3.04. The zero-order valence-electron chi connectivity index (χ0n) is 15.6. The van der Waals surface area contributed by atoms with E-state index < -0.39 is 12.0 Å². The van der Waals surface area contributed by atoms with Crippen LogP contribution >= 0.6 is 0 Å². The Morgan fingerprint density at radius 3 is 2.68 bits per heavy atom. The van der Waals surface area contributed by atoms with Crippen LogP contribution in [0.5, 0.6) is 5.75 Å². The van der Waals surface area contributed by atoms with E-state index in [4.69, 9.17) is 9.15 Å². The lowest BCUT2D eigenvalue weighted by Crippen LogP contribution is -2.34. The monoisotopic (exact) mass is 378 g/mol. The lowest BCUT2D eigenvalue weighted by Gasteiger charge is -2.23. The summed E-state index contributed by atoms with van der Waals surface area (Å²) in [5, 5.41) is 5.84. The average Bonchev–Trinajstić information content (AvgIpc) is 2.66. The van der Waals surface area contributed by atoms with Crippen LogP contribution < -0.4 is 20.8 Å². The minimum atomic E-state index is -0.577. The van der Waals surface area contributed by atoms with Gasteiger partial charge in [-0.05, 0) is 56.2 Å². The van der Waals surface area contributed by atoms with E-state index in [2.05, 4.69) is 10.6 Å². The Labute approximate surface area is 160 Å². The van der Waals surface area contributed by atoms with Crippen LogP contribution in [0.4, 0.5) is 11.4 Å². The molecule has 7 heteroatoms. The zero-order valence-corrected chi connectivity index (χ0v) is 15.6. The van der Waals surface area contributed by atoms with Crippen molar-refractivity contribution in [3.05, 3.63) is 63.5 Å². The maximum atomic E-state index is 12.6. The summed E-state index contributed by atoms with van der Waals surface area (Å²) in [5.74, 6) is -0.384. The van der Waals surface area contributed by atoms with E-state index in [9.17, 15) is 14.4 Å². The molecule has 0 aliphatic carbocycles. The van der Waals surface area contributed by atoms with Crippen LogP contribution in [0, 0.1) is 13.8 Å². The van der Waals surface area contributed by atoms with Crippen molar-refractivity contribution in [2.24, 2.45) is 0 Å². The highest BCUT2D eigenvalue weighted by atomic mass is 16.5. The predicted octanol–water partition coefficient (Wildman–Crippen LogP) is 3.38. The molecule has 1 atom stereocenters. The lowest BCUT2D eigenvalue weighted by molar-refractivity contribution is -0.122. The molecule has 3 aromatic rings. The quantitative estimate of drug-likeness (QED) is 0.712. The van der Waals surface area contributed by atoms with E-state index in [1.54, 1.807) is 31.2 Å². The lowest BCUT2D eigenvalue weighted by atomic mass is 10.1. The van der Waals surface area contributed by atoms with Gasteiger partial charge >= 0.3 is 0 Å². The third-order valence-electron chi connectivity index (χ3n) is 4.81. The standard InChI is InChI=1S/C21H18N2O5/c1-10-4-6-14-16(24)9-18(28-19(14)11(10)2)21(26)22-13-5-7-17-15(8-13)23-20(25)12(3)27-17/h4-9,12H,1-3H3,(H,22,26)(H,23,25)/t12-/m1/s1. The molecular formula is C21H18N2O5. The minimum absolute atomic E-state index is 0.0853. The molecule has 0 spiro atoms. The first-order chi connectivity index (χ1) is 13.3. The number of hydrogen-bond donors (Lipinski definition) is 2. The number of aryl methyl sites for hydroxylation is 2. The Bertz CT molecular complexity index is 1200. The highest BCUT2D eigenvalue weighted by Crippen LogP contribution is 2.32. The van der Waals surface area contributed by atoms with Gasteiger partial charge in [-0.3, -0.25) is 14.4 Å². The number of rotatable bonds is 2. The van der Waals surface area contributed by atoms with Crippen LogP contribution in [0.3, 0.4) is 0 Å². The SMILES string of the molecule is Cc1ccc2c(=O)cc(C(=O)Nc3ccc4c(c3)NC(=O)[C@@H](C)O4)oc2c1C. The molecule has 0 bridgehead atoms. The molecule has 142 valence electrons. The van der Waals surface area contributed by atoms with Crippen molar-refractivity contribution in [2.75, 3.05) is 10.6 Å². The second-order valence-electron chi connectivity index (χ2n) is 6.77. The van der Waals surface area contributed by atoms with Crippen molar-refractivity contribution >= 4 is 34.2 Å². The molecule has 1 aromatic heterocycles. The number of anilines is 2. The molecule has 28 heavy (non-hydrogen) atoms. The first kappa shape index (κ1) is 17.8. The van der Waals surface area contributed by atoms with E-state index in [0.717, 1.165) is 11.1 Å². The number of fused-ring (bicyclic) bond motifs is 2. The summed E-state index contributed by atoms with van der Waals surface area (Å²) < 4.78 is 11.2. The normalized spacial score (nSPS) is 15.5. The van der Waals surface area contributed by atoms with Crippen molar-refractivity contribution in [1.82, 2.24) is 0 Å². The molecule has 2 heterocycles. The number of hydrogen-bond acceptors (Lipinski definition) is 5. The minimum Gasteiger partial charge on any atom is -0.479 e. The summed E-state index contributed by atoms with van der Waals surface area (Å²) in [5.41, 5.74) is 2.80. The van der Waals surface area contributed by atoms with Gasteiger partial charge in [-0.15, -0.1) is 0 Å². The van der Waals surface area contributed by atoms with Crippen LogP contribution in [0.15, 0.2) is 45.6 Å². The van der Waals surface area contributed by atoms with Crippen LogP contribution in [-0.2, 0) is 4.79 Å². The number of nitrogens with one attached hydrogen (secondary N) is 2. The van der Waals surface area contributed by atoms with Gasteiger partial charge in [-0.1, -0.05) is 6.07 Å². The van der Waals surface area contributed by atoms with Crippen LogP contribution in [-0.4, -0.2) is 17.9 Å². The molecule has 2 aromatic carbocycles. The van der Waals surface area contributed by atoms with Gasteiger partial charge in [-0.2, -0.15) is 0 Å². The zero-order chi connectivity index (χ0) is 20.0. The first-order valence-electron chi connectivity index (χ1n) is 8.80. The highest BCUT2D eigenvalue weighted by Gasteiger charge is 2.24. The number of carbonyl (C=O) groups excluding carboxylic acids is 2. The molecular weight excluding hydrogens is 360 g/mol. The third-order valence-corrected chi connectivity index (χ3v) is 4.81. The summed E-state index contributed by atoms with van der Waals surface area (Å²) >= 11 is 0. The van der Waals surface area contributed by atoms with Gasteiger partial charge in [0.1, 0.15) is 11.3 Å². The Kier molecular flexibility index (Phi) is 4.15. The summed E-state index contributed by atoms with van der Waals surface area (Å²) in [6.45, 7) is 5.40. The summed E-state index contributed by atoms with van der Waals surface area (Å²) in [6.07, 6.45) is -0.577. The van der Waals surface area contributed by atoms with Gasteiger partial charge in [0.2, 0.25) is 0 Å². The topological polar surface area (TPSA) is 97.6 Å². The Morgan fingerprint density at radius 1 is 1.11 bits per heavy atom. The van der Waals surface area contributed by atoms with Gasteiger partial charge in [0.15, 0.2) is 17.3 Å². The number of ether oxygens (including phenoxy) is 1. The van der Waals surface area contributed by atoms with Gasteiger partial charge in [0.05, 0.1) is 11.1 Å². The Balaban J connectivity index is 1.66. The van der Waals surface area contributed by atoms with E-state index in [1.165, 1.54) is 6.07 Å². The molecule has 0 unspecified atom stereocenters. The molecule has 4 rings (SSSR count). The first-order valence-corrected chi connectivity index (χ1v) is 8.80. The number of benzene rings is 2. The molecule has 1 aliphatic rings. The van der Waals surface area contributed by atoms with Crippen molar-refractivity contribution in [2.45, 2.75) is 26.9 Å².